The van der Waals surface area contributed by atoms with Crippen LogP contribution in [-0.4, -0.2) is 56.3 Å². The summed E-state index contributed by atoms with van der Waals surface area (Å²) in [4.78, 5) is 12.2. The van der Waals surface area contributed by atoms with E-state index >= 15 is 0 Å². The molecule has 1 aromatic carbocycles. The van der Waals surface area contributed by atoms with Gasteiger partial charge in [-0.1, -0.05) is 6.08 Å². The summed E-state index contributed by atoms with van der Waals surface area (Å²) in [6.45, 7) is 7.46. The summed E-state index contributed by atoms with van der Waals surface area (Å²) in [5.74, 6) is 0.286. The second-order valence-electron chi connectivity index (χ2n) is 6.59. The number of phenols is 1. The number of aromatic hydroxyl groups is 1. The number of Topliss-reactive ketones (excluding diaryl/α,β-unsaturated/α-hetero) is 1. The normalized spacial score (nSPS) is 11.5. The zero-order chi connectivity index (χ0) is 16.8. The third kappa shape index (κ3) is 6.00. The minimum Gasteiger partial charge on any atom is -0.507 e. The van der Waals surface area contributed by atoms with E-state index in [0.29, 0.717) is 37.2 Å². The number of benzene rings is 1. The van der Waals surface area contributed by atoms with Gasteiger partial charge in [0.25, 0.3) is 0 Å². The third-order valence-corrected chi connectivity index (χ3v) is 3.45. The van der Waals surface area contributed by atoms with Gasteiger partial charge < -0.3 is 14.3 Å². The molecule has 4 heteroatoms. The topological polar surface area (TPSA) is 46.5 Å². The second kappa shape index (κ2) is 8.11. The van der Waals surface area contributed by atoms with Crippen molar-refractivity contribution in [3.63, 3.8) is 0 Å². The number of likely N-dealkylation sites (N-methyl/N-ethyl adjacent to an activating group) is 1. The molecule has 0 spiro atoms. The molecule has 122 valence electrons. The first-order valence-corrected chi connectivity index (χ1v) is 7.59. The van der Waals surface area contributed by atoms with E-state index in [9.17, 15) is 9.90 Å². The Morgan fingerprint density at radius 2 is 2.00 bits per heavy atom. The summed E-state index contributed by atoms with van der Waals surface area (Å²) in [6, 6.07) is 3.48. The van der Waals surface area contributed by atoms with E-state index in [0.717, 1.165) is 16.6 Å². The number of phenolic OH excluding ortho intramolecular Hbond substituents is 1. The SMILES string of the molecule is C=CCc1cc(C(=O)CCOCC[N+](C)(C)C)cc(C)c1O. The summed E-state index contributed by atoms with van der Waals surface area (Å²) in [6.07, 6.45) is 2.62. The highest BCUT2D eigenvalue weighted by Crippen LogP contribution is 2.25. The molecule has 22 heavy (non-hydrogen) atoms. The number of nitrogens with zero attached hydrogens (tertiary/aromatic N) is 1. The molecule has 0 amide bonds. The van der Waals surface area contributed by atoms with E-state index in [-0.39, 0.29) is 11.5 Å². The van der Waals surface area contributed by atoms with Crippen LogP contribution in [0.5, 0.6) is 5.75 Å². The molecule has 0 fully saturated rings. The number of rotatable bonds is 9. The summed E-state index contributed by atoms with van der Waals surface area (Å²) in [5.41, 5.74) is 2.08. The van der Waals surface area contributed by atoms with Gasteiger partial charge in [-0.15, -0.1) is 6.58 Å². The van der Waals surface area contributed by atoms with Crippen molar-refractivity contribution in [2.24, 2.45) is 0 Å². The fourth-order valence-corrected chi connectivity index (χ4v) is 2.07. The molecular formula is C18H28NO3+. The van der Waals surface area contributed by atoms with Crippen molar-refractivity contribution < 1.29 is 19.1 Å². The highest BCUT2D eigenvalue weighted by Gasteiger charge is 2.12. The Morgan fingerprint density at radius 1 is 1.32 bits per heavy atom. The number of allylic oxidation sites excluding steroid dienone is 1. The molecule has 0 atom stereocenters. The summed E-state index contributed by atoms with van der Waals surface area (Å²) < 4.78 is 6.37. The summed E-state index contributed by atoms with van der Waals surface area (Å²) in [5, 5.41) is 9.97. The molecule has 0 saturated carbocycles. The highest BCUT2D eigenvalue weighted by molar-refractivity contribution is 5.96. The van der Waals surface area contributed by atoms with Crippen molar-refractivity contribution >= 4 is 5.78 Å². The summed E-state index contributed by atoms with van der Waals surface area (Å²) in [7, 11) is 6.32. The molecule has 1 aromatic rings. The van der Waals surface area contributed by atoms with E-state index < -0.39 is 0 Å². The first-order chi connectivity index (χ1) is 10.2. The van der Waals surface area contributed by atoms with Crippen molar-refractivity contribution in [2.75, 3.05) is 40.9 Å². The van der Waals surface area contributed by atoms with Crippen LogP contribution in [0.1, 0.15) is 27.9 Å². The van der Waals surface area contributed by atoms with E-state index in [1.165, 1.54) is 0 Å². The molecule has 0 heterocycles. The molecule has 0 aliphatic heterocycles. The largest absolute Gasteiger partial charge is 0.507 e. The monoisotopic (exact) mass is 306 g/mol. The Labute approximate surface area is 133 Å². The Kier molecular flexibility index (Phi) is 6.78. The maximum Gasteiger partial charge on any atom is 0.165 e. The molecule has 0 aliphatic carbocycles. The minimum absolute atomic E-state index is 0.0404. The van der Waals surface area contributed by atoms with E-state index in [2.05, 4.69) is 27.7 Å². The number of ketones is 1. The van der Waals surface area contributed by atoms with Gasteiger partial charge in [-0.25, -0.2) is 0 Å². The number of ether oxygens (including phenoxy) is 1. The molecule has 0 bridgehead atoms. The quantitative estimate of drug-likeness (QED) is 0.330. The predicted octanol–water partition coefficient (Wildman–Crippen LogP) is 2.72. The molecule has 0 aromatic heterocycles. The smallest absolute Gasteiger partial charge is 0.165 e. The molecule has 0 radical (unpaired) electrons. The number of aryl methyl sites for hydroxylation is 1. The van der Waals surface area contributed by atoms with Gasteiger partial charge in [0.1, 0.15) is 12.3 Å². The van der Waals surface area contributed by atoms with Gasteiger partial charge in [0, 0.05) is 12.0 Å². The van der Waals surface area contributed by atoms with Gasteiger partial charge >= 0.3 is 0 Å². The van der Waals surface area contributed by atoms with Crippen LogP contribution in [0.4, 0.5) is 0 Å². The van der Waals surface area contributed by atoms with Gasteiger partial charge in [-0.2, -0.15) is 0 Å². The number of hydrogen-bond acceptors (Lipinski definition) is 3. The molecule has 4 nitrogen and oxygen atoms in total. The lowest BCUT2D eigenvalue weighted by molar-refractivity contribution is -0.870. The van der Waals surface area contributed by atoms with Crippen LogP contribution in [-0.2, 0) is 11.2 Å². The van der Waals surface area contributed by atoms with Crippen LogP contribution in [0.2, 0.25) is 0 Å². The number of quaternary nitrogens is 1. The molecule has 1 N–H and O–H groups in total. The lowest BCUT2D eigenvalue weighted by Gasteiger charge is -2.23. The predicted molar refractivity (Wildman–Crippen MR) is 89.4 cm³/mol. The molecular weight excluding hydrogens is 278 g/mol. The maximum atomic E-state index is 12.2. The second-order valence-corrected chi connectivity index (χ2v) is 6.59. The van der Waals surface area contributed by atoms with Crippen molar-refractivity contribution in [1.29, 1.82) is 0 Å². The average Bonchev–Trinajstić information content (AvgIpc) is 2.42. The fraction of sp³-hybridized carbons (Fsp3) is 0.500. The van der Waals surface area contributed by atoms with Gasteiger partial charge in [0.2, 0.25) is 0 Å². The van der Waals surface area contributed by atoms with Crippen molar-refractivity contribution in [2.45, 2.75) is 19.8 Å². The molecule has 1 rings (SSSR count). The van der Waals surface area contributed by atoms with E-state index in [1.807, 2.05) is 0 Å². The van der Waals surface area contributed by atoms with Crippen molar-refractivity contribution in [3.05, 3.63) is 41.5 Å². The fourth-order valence-electron chi connectivity index (χ4n) is 2.07. The van der Waals surface area contributed by atoms with Crippen LogP contribution < -0.4 is 0 Å². The Balaban J connectivity index is 2.57. The van der Waals surface area contributed by atoms with Crippen molar-refractivity contribution in [3.8, 4) is 5.75 Å². The van der Waals surface area contributed by atoms with E-state index in [4.69, 9.17) is 4.74 Å². The van der Waals surface area contributed by atoms with Gasteiger partial charge in [-0.05, 0) is 36.6 Å². The van der Waals surface area contributed by atoms with Crippen LogP contribution in [0, 0.1) is 6.92 Å². The van der Waals surface area contributed by atoms with Crippen LogP contribution in [0.15, 0.2) is 24.8 Å². The zero-order valence-corrected chi connectivity index (χ0v) is 14.2. The van der Waals surface area contributed by atoms with Crippen LogP contribution in [0.3, 0.4) is 0 Å². The van der Waals surface area contributed by atoms with Crippen LogP contribution >= 0.6 is 0 Å². The first kappa shape index (κ1) is 18.4. The number of carbonyl (C=O) groups is 1. The van der Waals surface area contributed by atoms with Gasteiger partial charge in [0.05, 0.1) is 34.4 Å². The van der Waals surface area contributed by atoms with Gasteiger partial charge in [-0.3, -0.25) is 4.79 Å². The zero-order valence-electron chi connectivity index (χ0n) is 14.2. The third-order valence-electron chi connectivity index (χ3n) is 3.45. The number of hydrogen-bond donors (Lipinski definition) is 1. The lowest BCUT2D eigenvalue weighted by atomic mass is 9.99. The average molecular weight is 306 g/mol. The molecule has 0 aliphatic rings. The highest BCUT2D eigenvalue weighted by atomic mass is 16.5. The standard InChI is InChI=1S/C18H27NO3/c1-6-7-15-13-16(12-14(2)18(15)21)17(20)8-10-22-11-9-19(3,4)5/h6,12-13H,1,7-11H2,2-5H3/p+1. The Morgan fingerprint density at radius 3 is 2.59 bits per heavy atom. The van der Waals surface area contributed by atoms with E-state index in [1.54, 1.807) is 25.1 Å². The summed E-state index contributed by atoms with van der Waals surface area (Å²) >= 11 is 0. The Bertz CT molecular complexity index is 530. The van der Waals surface area contributed by atoms with Crippen molar-refractivity contribution in [1.82, 2.24) is 0 Å². The number of carbonyl (C=O) groups excluding carboxylic acids is 1. The Hall–Kier alpha value is -1.65. The minimum atomic E-state index is 0.0404. The molecule has 0 unspecified atom stereocenters. The first-order valence-electron chi connectivity index (χ1n) is 7.59. The van der Waals surface area contributed by atoms with Gasteiger partial charge in [0.15, 0.2) is 5.78 Å². The lowest BCUT2D eigenvalue weighted by Crippen LogP contribution is -2.37. The van der Waals surface area contributed by atoms with Crippen LogP contribution in [0.25, 0.3) is 0 Å². The maximum absolute atomic E-state index is 12.2. The molecule has 0 saturated heterocycles.